The van der Waals surface area contributed by atoms with Crippen LogP contribution in [0, 0.1) is 21.4 Å². The fraction of sp³-hybridized carbons (Fsp3) is 0.304. The summed E-state index contributed by atoms with van der Waals surface area (Å²) in [5.41, 5.74) is 0.125. The van der Waals surface area contributed by atoms with Crippen molar-refractivity contribution in [2.45, 2.75) is 19.8 Å². The molecule has 0 aliphatic carbocycles. The highest BCUT2D eigenvalue weighted by Crippen LogP contribution is 2.35. The van der Waals surface area contributed by atoms with E-state index in [4.69, 9.17) is 14.6 Å². The summed E-state index contributed by atoms with van der Waals surface area (Å²) in [6.07, 6.45) is 3.55. The number of piperidine rings is 1. The molecule has 0 radical (unpaired) electrons. The fourth-order valence-corrected chi connectivity index (χ4v) is 4.97. The quantitative estimate of drug-likeness (QED) is 0.380. The number of nitrogens with one attached hydrogen (secondary N) is 1. The fourth-order valence-electron chi connectivity index (χ4n) is 4.02. The first-order valence-electron chi connectivity index (χ1n) is 11.0. The van der Waals surface area contributed by atoms with Crippen molar-refractivity contribution in [1.29, 1.82) is 5.41 Å². The number of fused-ring (bicyclic) bond motifs is 1. The summed E-state index contributed by atoms with van der Waals surface area (Å²) in [7, 11) is 1.43. The zero-order valence-electron chi connectivity index (χ0n) is 19.1. The molecule has 4 heterocycles. The van der Waals surface area contributed by atoms with Crippen LogP contribution < -0.4 is 4.74 Å². The van der Waals surface area contributed by atoms with Gasteiger partial charge in [-0.25, -0.2) is 0 Å². The molecule has 12 heteroatoms. The first-order chi connectivity index (χ1) is 16.8. The summed E-state index contributed by atoms with van der Waals surface area (Å²) in [5.74, 6) is 0.878. The molecule has 5 rings (SSSR count). The van der Waals surface area contributed by atoms with Gasteiger partial charge in [0.25, 0.3) is 11.6 Å². The lowest BCUT2D eigenvalue weighted by molar-refractivity contribution is -0.384. The molecule has 0 bridgehead atoms. The Balaban J connectivity index is 1.41. The van der Waals surface area contributed by atoms with Crippen molar-refractivity contribution in [3.05, 3.63) is 51.8 Å². The number of rotatable bonds is 4. The van der Waals surface area contributed by atoms with Crippen LogP contribution in [0.3, 0.4) is 0 Å². The largest absolute Gasteiger partial charge is 0.497 e. The Morgan fingerprint density at radius 2 is 2.03 bits per heavy atom. The van der Waals surface area contributed by atoms with E-state index in [1.54, 1.807) is 18.2 Å². The van der Waals surface area contributed by atoms with Crippen molar-refractivity contribution in [2.75, 3.05) is 20.2 Å². The van der Waals surface area contributed by atoms with Gasteiger partial charge in [-0.3, -0.25) is 20.3 Å². The van der Waals surface area contributed by atoms with E-state index in [0.717, 1.165) is 31.1 Å². The maximum atomic E-state index is 12.7. The molecule has 2 aromatic rings. The average Bonchev–Trinajstić information content (AvgIpc) is 3.49. The van der Waals surface area contributed by atoms with Crippen LogP contribution >= 0.6 is 11.8 Å². The third-order valence-electron chi connectivity index (χ3n) is 6.08. The Hall–Kier alpha value is -3.93. The van der Waals surface area contributed by atoms with E-state index >= 15 is 0 Å². The first-order valence-corrected chi connectivity index (χ1v) is 11.8. The molecule has 0 unspecified atom stereocenters. The molecule has 1 aromatic heterocycles. The molecule has 1 fully saturated rings. The molecule has 35 heavy (non-hydrogen) atoms. The lowest BCUT2D eigenvalue weighted by Crippen LogP contribution is -2.36. The summed E-state index contributed by atoms with van der Waals surface area (Å²) in [6.45, 7) is 3.99. The molecule has 1 saturated heterocycles. The highest BCUT2D eigenvalue weighted by Gasteiger charge is 2.38. The summed E-state index contributed by atoms with van der Waals surface area (Å²) >= 11 is 1.29. The van der Waals surface area contributed by atoms with E-state index in [2.05, 4.69) is 21.9 Å². The lowest BCUT2D eigenvalue weighted by atomic mass is 10.00. The van der Waals surface area contributed by atoms with E-state index in [1.165, 1.54) is 42.1 Å². The van der Waals surface area contributed by atoms with Crippen molar-refractivity contribution >= 4 is 45.6 Å². The zero-order chi connectivity index (χ0) is 24.7. The van der Waals surface area contributed by atoms with Gasteiger partial charge in [0.15, 0.2) is 11.0 Å². The monoisotopic (exact) mass is 494 g/mol. The number of likely N-dealkylation sites (tertiary alicyclic amines) is 1. The SMILES string of the molecule is COc1ccc(-c2ccc(/C=C3\C(=N)N4N=C(N5CCC(C)CC5)SC4=NC3=O)o2)c([N+](=O)[O-])c1. The number of amidine groups is 3. The van der Waals surface area contributed by atoms with Crippen molar-refractivity contribution in [1.82, 2.24) is 9.91 Å². The number of hydrogen-bond donors (Lipinski definition) is 1. The number of hydrogen-bond acceptors (Lipinski definition) is 9. The van der Waals surface area contributed by atoms with Crippen LogP contribution in [0.1, 0.15) is 25.5 Å². The molecular weight excluding hydrogens is 472 g/mol. The third kappa shape index (κ3) is 4.32. The van der Waals surface area contributed by atoms with Crippen molar-refractivity contribution in [3.8, 4) is 17.1 Å². The number of carbonyl (C=O) groups excluding carboxylic acids is 1. The summed E-state index contributed by atoms with van der Waals surface area (Å²) in [6, 6.07) is 7.61. The molecular formula is C23H22N6O5S. The predicted molar refractivity (Wildman–Crippen MR) is 132 cm³/mol. The smallest absolute Gasteiger partial charge is 0.284 e. The Kier molecular flexibility index (Phi) is 5.89. The molecule has 0 saturated carbocycles. The Bertz CT molecular complexity index is 1320. The maximum Gasteiger partial charge on any atom is 0.284 e. The van der Waals surface area contributed by atoms with Crippen molar-refractivity contribution < 1.29 is 18.9 Å². The Labute approximate surface area is 204 Å². The second-order valence-electron chi connectivity index (χ2n) is 8.41. The van der Waals surface area contributed by atoms with Gasteiger partial charge >= 0.3 is 0 Å². The number of ether oxygens (including phenoxy) is 1. The normalized spacial score (nSPS) is 19.7. The molecule has 0 spiro atoms. The number of hydrazone groups is 1. The number of carbonyl (C=O) groups is 1. The molecule has 180 valence electrons. The number of thioether (sulfide) groups is 1. The maximum absolute atomic E-state index is 12.7. The van der Waals surface area contributed by atoms with Crippen LogP contribution in [0.15, 0.2) is 50.4 Å². The molecule has 1 amide bonds. The van der Waals surface area contributed by atoms with Gasteiger partial charge in [0.05, 0.1) is 29.2 Å². The minimum absolute atomic E-state index is 0.0248. The second-order valence-corrected chi connectivity index (χ2v) is 9.35. The van der Waals surface area contributed by atoms with Gasteiger partial charge in [-0.1, -0.05) is 6.92 Å². The van der Waals surface area contributed by atoms with Crippen molar-refractivity contribution in [2.24, 2.45) is 16.0 Å². The number of nitro benzene ring substituents is 1. The first kappa shape index (κ1) is 22.8. The van der Waals surface area contributed by atoms with Crippen LogP contribution in [0.5, 0.6) is 5.75 Å². The Morgan fingerprint density at radius 1 is 1.26 bits per heavy atom. The van der Waals surface area contributed by atoms with E-state index in [9.17, 15) is 14.9 Å². The summed E-state index contributed by atoms with van der Waals surface area (Å²) in [4.78, 5) is 30.0. The van der Waals surface area contributed by atoms with Crippen LogP contribution in [0.2, 0.25) is 0 Å². The van der Waals surface area contributed by atoms with Gasteiger partial charge in [-0.05, 0) is 60.9 Å². The number of amides is 1. The predicted octanol–water partition coefficient (Wildman–Crippen LogP) is 4.17. The molecule has 3 aliphatic rings. The van der Waals surface area contributed by atoms with Gasteiger partial charge in [-0.15, -0.1) is 5.10 Å². The number of nitro groups is 1. The van der Waals surface area contributed by atoms with Crippen LogP contribution in [-0.4, -0.2) is 57.1 Å². The van der Waals surface area contributed by atoms with Gasteiger partial charge in [0, 0.05) is 13.1 Å². The van der Waals surface area contributed by atoms with E-state index in [1.807, 2.05) is 0 Å². The minimum atomic E-state index is -0.564. The van der Waals surface area contributed by atoms with Crippen LogP contribution in [0.25, 0.3) is 17.4 Å². The standard InChI is InChI=1S/C23H22N6O5S/c1-13-7-9-27(10-8-13)23-26-28-20(24)17(21(30)25-22(28)35-23)11-15-4-6-19(34-15)16-5-3-14(33-2)12-18(16)29(31)32/h3-6,11-13,24H,7-10H2,1-2H3/b17-11+,24-20?. The number of furan rings is 1. The molecule has 1 N–H and O–H groups in total. The lowest BCUT2D eigenvalue weighted by Gasteiger charge is -2.30. The van der Waals surface area contributed by atoms with E-state index < -0.39 is 10.8 Å². The number of methoxy groups -OCH3 is 1. The summed E-state index contributed by atoms with van der Waals surface area (Å²) in [5, 5.41) is 27.1. The highest BCUT2D eigenvalue weighted by atomic mass is 32.2. The summed E-state index contributed by atoms with van der Waals surface area (Å²) < 4.78 is 10.9. The highest BCUT2D eigenvalue weighted by molar-refractivity contribution is 8.26. The van der Waals surface area contributed by atoms with Crippen LogP contribution in [0.4, 0.5) is 5.69 Å². The molecule has 11 nitrogen and oxygen atoms in total. The van der Waals surface area contributed by atoms with Crippen LogP contribution in [-0.2, 0) is 4.79 Å². The van der Waals surface area contributed by atoms with Gasteiger partial charge in [0.2, 0.25) is 5.17 Å². The average molecular weight is 495 g/mol. The third-order valence-corrected chi connectivity index (χ3v) is 7.05. The second kappa shape index (κ2) is 9.02. The zero-order valence-corrected chi connectivity index (χ0v) is 19.9. The number of benzene rings is 1. The van der Waals surface area contributed by atoms with E-state index in [-0.39, 0.29) is 34.2 Å². The van der Waals surface area contributed by atoms with Crippen molar-refractivity contribution in [3.63, 3.8) is 0 Å². The minimum Gasteiger partial charge on any atom is -0.497 e. The molecule has 1 aromatic carbocycles. The van der Waals surface area contributed by atoms with Gasteiger partial charge < -0.3 is 14.1 Å². The number of aliphatic imine (C=N–C) groups is 1. The molecule has 3 aliphatic heterocycles. The van der Waals surface area contributed by atoms with Gasteiger partial charge in [-0.2, -0.15) is 10.0 Å². The Morgan fingerprint density at radius 3 is 2.74 bits per heavy atom. The molecule has 0 atom stereocenters. The number of nitrogens with zero attached hydrogens (tertiary/aromatic N) is 5. The van der Waals surface area contributed by atoms with Gasteiger partial charge in [0.1, 0.15) is 17.3 Å². The topological polar surface area (TPSA) is 138 Å². The van der Waals surface area contributed by atoms with E-state index in [0.29, 0.717) is 16.8 Å².